The Balaban J connectivity index is 2.20. The second-order valence-electron chi connectivity index (χ2n) is 3.83. The minimum Gasteiger partial charge on any atom is -0.497 e. The number of hydrazone groups is 1. The summed E-state index contributed by atoms with van der Waals surface area (Å²) < 4.78 is 9.57. The van der Waals surface area contributed by atoms with Crippen molar-refractivity contribution in [2.75, 3.05) is 14.2 Å². The Morgan fingerprint density at radius 3 is 2.63 bits per heavy atom. The van der Waals surface area contributed by atoms with E-state index in [0.29, 0.717) is 0 Å². The molecule has 2 aromatic carbocycles. The number of methoxy groups -OCH3 is 2. The van der Waals surface area contributed by atoms with Crippen LogP contribution in [0.2, 0.25) is 0 Å². The van der Waals surface area contributed by atoms with E-state index in [-0.39, 0.29) is 0 Å². The molecule has 1 amide bonds. The van der Waals surface area contributed by atoms with E-state index in [0.717, 1.165) is 22.1 Å². The SMILES string of the molecule is COC(=O)N/N=C\c1ccc2cc(OC)ccc2c1. The van der Waals surface area contributed by atoms with Gasteiger partial charge in [-0.1, -0.05) is 18.2 Å². The van der Waals surface area contributed by atoms with Gasteiger partial charge in [0.15, 0.2) is 0 Å². The van der Waals surface area contributed by atoms with Gasteiger partial charge in [-0.25, -0.2) is 10.2 Å². The lowest BCUT2D eigenvalue weighted by molar-refractivity contribution is 0.171. The van der Waals surface area contributed by atoms with Crippen LogP contribution in [0.4, 0.5) is 4.79 Å². The number of carbonyl (C=O) groups is 1. The number of benzene rings is 2. The van der Waals surface area contributed by atoms with Gasteiger partial charge in [0.1, 0.15) is 5.75 Å². The zero-order valence-corrected chi connectivity index (χ0v) is 10.7. The fourth-order valence-electron chi connectivity index (χ4n) is 1.65. The van der Waals surface area contributed by atoms with Crippen molar-refractivity contribution in [3.63, 3.8) is 0 Å². The van der Waals surface area contributed by atoms with Crippen molar-refractivity contribution >= 4 is 23.1 Å². The van der Waals surface area contributed by atoms with E-state index in [4.69, 9.17) is 4.74 Å². The molecule has 1 N–H and O–H groups in total. The maximum Gasteiger partial charge on any atom is 0.427 e. The zero-order valence-electron chi connectivity index (χ0n) is 10.7. The Kier molecular flexibility index (Phi) is 3.97. The van der Waals surface area contributed by atoms with Crippen LogP contribution in [0.3, 0.4) is 0 Å². The van der Waals surface area contributed by atoms with Gasteiger partial charge in [0.05, 0.1) is 20.4 Å². The summed E-state index contributed by atoms with van der Waals surface area (Å²) in [6.45, 7) is 0. The van der Waals surface area contributed by atoms with E-state index in [2.05, 4.69) is 15.3 Å². The Hall–Kier alpha value is -2.56. The third-order valence-electron chi connectivity index (χ3n) is 2.63. The minimum absolute atomic E-state index is 0.596. The van der Waals surface area contributed by atoms with E-state index in [1.807, 2.05) is 36.4 Å². The summed E-state index contributed by atoms with van der Waals surface area (Å²) in [7, 11) is 2.93. The summed E-state index contributed by atoms with van der Waals surface area (Å²) in [5, 5.41) is 5.93. The first-order valence-corrected chi connectivity index (χ1v) is 5.68. The molecule has 98 valence electrons. The number of fused-ring (bicyclic) bond motifs is 1. The summed E-state index contributed by atoms with van der Waals surface area (Å²) in [5.74, 6) is 0.821. The Morgan fingerprint density at radius 1 is 1.16 bits per heavy atom. The molecule has 2 aromatic rings. The molecule has 5 nitrogen and oxygen atoms in total. The van der Waals surface area contributed by atoms with E-state index < -0.39 is 6.09 Å². The van der Waals surface area contributed by atoms with Crippen LogP contribution in [0, 0.1) is 0 Å². The molecular formula is C14H14N2O3. The van der Waals surface area contributed by atoms with Crippen molar-refractivity contribution in [1.29, 1.82) is 0 Å². The van der Waals surface area contributed by atoms with Crippen LogP contribution < -0.4 is 10.2 Å². The van der Waals surface area contributed by atoms with Crippen LogP contribution in [-0.4, -0.2) is 26.5 Å². The van der Waals surface area contributed by atoms with Gasteiger partial charge in [-0.05, 0) is 34.5 Å². The first kappa shape index (κ1) is 12.9. The molecular weight excluding hydrogens is 244 g/mol. The summed E-state index contributed by atoms with van der Waals surface area (Å²) in [6.07, 6.45) is 0.961. The lowest BCUT2D eigenvalue weighted by Crippen LogP contribution is -2.16. The molecule has 0 radical (unpaired) electrons. The standard InChI is InChI=1S/C14H14N2O3/c1-18-13-6-5-11-7-10(3-4-12(11)8-13)9-15-16-14(17)19-2/h3-9H,1-2H3,(H,16,17)/b15-9-. The highest BCUT2D eigenvalue weighted by Gasteiger charge is 1.98. The van der Waals surface area contributed by atoms with Gasteiger partial charge in [0.2, 0.25) is 0 Å². The second kappa shape index (κ2) is 5.86. The van der Waals surface area contributed by atoms with Gasteiger partial charge >= 0.3 is 6.09 Å². The molecule has 0 saturated heterocycles. The maximum atomic E-state index is 10.8. The number of hydrogen-bond donors (Lipinski definition) is 1. The third-order valence-corrected chi connectivity index (χ3v) is 2.63. The van der Waals surface area contributed by atoms with Crippen molar-refractivity contribution in [2.45, 2.75) is 0 Å². The predicted molar refractivity (Wildman–Crippen MR) is 73.6 cm³/mol. The highest BCUT2D eigenvalue weighted by atomic mass is 16.5. The number of rotatable bonds is 3. The number of hydrogen-bond acceptors (Lipinski definition) is 4. The molecule has 5 heteroatoms. The lowest BCUT2D eigenvalue weighted by Gasteiger charge is -2.03. The Labute approximate surface area is 110 Å². The average molecular weight is 258 g/mol. The summed E-state index contributed by atoms with van der Waals surface area (Å²) >= 11 is 0. The van der Waals surface area contributed by atoms with Gasteiger partial charge in [-0.2, -0.15) is 5.10 Å². The van der Waals surface area contributed by atoms with Crippen LogP contribution in [0.1, 0.15) is 5.56 Å². The molecule has 0 fully saturated rings. The predicted octanol–water partition coefficient (Wildman–Crippen LogP) is 2.54. The van der Waals surface area contributed by atoms with Gasteiger partial charge < -0.3 is 9.47 Å². The third kappa shape index (κ3) is 3.22. The average Bonchev–Trinajstić information content (AvgIpc) is 2.46. The fraction of sp³-hybridized carbons (Fsp3) is 0.143. The van der Waals surface area contributed by atoms with E-state index >= 15 is 0 Å². The molecule has 0 aromatic heterocycles. The topological polar surface area (TPSA) is 59.9 Å². The Bertz CT molecular complexity index is 623. The first-order valence-electron chi connectivity index (χ1n) is 5.68. The number of ether oxygens (including phenoxy) is 2. The molecule has 0 saturated carbocycles. The lowest BCUT2D eigenvalue weighted by atomic mass is 10.1. The molecule has 2 rings (SSSR count). The molecule has 0 heterocycles. The van der Waals surface area contributed by atoms with Crippen molar-refractivity contribution in [3.05, 3.63) is 42.0 Å². The van der Waals surface area contributed by atoms with Crippen molar-refractivity contribution in [3.8, 4) is 5.75 Å². The smallest absolute Gasteiger partial charge is 0.427 e. The first-order chi connectivity index (χ1) is 9.22. The number of amides is 1. The molecule has 0 atom stereocenters. The normalized spacial score (nSPS) is 10.6. The maximum absolute atomic E-state index is 10.8. The van der Waals surface area contributed by atoms with Gasteiger partial charge in [-0.3, -0.25) is 0 Å². The van der Waals surface area contributed by atoms with Crippen LogP contribution in [0.15, 0.2) is 41.5 Å². The van der Waals surface area contributed by atoms with Gasteiger partial charge in [-0.15, -0.1) is 0 Å². The quantitative estimate of drug-likeness (QED) is 0.679. The van der Waals surface area contributed by atoms with Crippen LogP contribution in [0.25, 0.3) is 10.8 Å². The van der Waals surface area contributed by atoms with Crippen molar-refractivity contribution in [2.24, 2.45) is 5.10 Å². The van der Waals surface area contributed by atoms with Crippen molar-refractivity contribution in [1.82, 2.24) is 5.43 Å². The molecule has 0 unspecified atom stereocenters. The van der Waals surface area contributed by atoms with Crippen LogP contribution >= 0.6 is 0 Å². The Morgan fingerprint density at radius 2 is 1.89 bits per heavy atom. The number of nitrogens with zero attached hydrogens (tertiary/aromatic N) is 1. The highest BCUT2D eigenvalue weighted by Crippen LogP contribution is 2.21. The molecule has 0 aliphatic heterocycles. The molecule has 0 aliphatic rings. The number of nitrogens with one attached hydrogen (secondary N) is 1. The fourth-order valence-corrected chi connectivity index (χ4v) is 1.65. The number of carbonyl (C=O) groups excluding carboxylic acids is 1. The zero-order chi connectivity index (χ0) is 13.7. The van der Waals surface area contributed by atoms with Crippen molar-refractivity contribution < 1.29 is 14.3 Å². The van der Waals surface area contributed by atoms with Crippen LogP contribution in [0.5, 0.6) is 5.75 Å². The molecule has 0 spiro atoms. The van der Waals surface area contributed by atoms with E-state index in [9.17, 15) is 4.79 Å². The molecule has 19 heavy (non-hydrogen) atoms. The highest BCUT2D eigenvalue weighted by molar-refractivity contribution is 5.91. The van der Waals surface area contributed by atoms with Gasteiger partial charge in [0.25, 0.3) is 0 Å². The summed E-state index contributed by atoms with van der Waals surface area (Å²) in [6, 6.07) is 11.7. The monoisotopic (exact) mass is 258 g/mol. The second-order valence-corrected chi connectivity index (χ2v) is 3.83. The van der Waals surface area contributed by atoms with E-state index in [1.54, 1.807) is 13.3 Å². The molecule has 0 aliphatic carbocycles. The molecule has 0 bridgehead atoms. The van der Waals surface area contributed by atoms with Gasteiger partial charge in [0, 0.05) is 0 Å². The summed E-state index contributed by atoms with van der Waals surface area (Å²) in [4.78, 5) is 10.8. The minimum atomic E-state index is -0.596. The largest absolute Gasteiger partial charge is 0.497 e. The summed E-state index contributed by atoms with van der Waals surface area (Å²) in [5.41, 5.74) is 3.12. The van der Waals surface area contributed by atoms with E-state index in [1.165, 1.54) is 7.11 Å². The van der Waals surface area contributed by atoms with Crippen LogP contribution in [-0.2, 0) is 4.74 Å².